The number of amides is 1. The molecule has 0 atom stereocenters. The van der Waals surface area contributed by atoms with E-state index in [1.54, 1.807) is 24.3 Å². The molecule has 0 aliphatic carbocycles. The minimum atomic E-state index is -0.200. The molecule has 1 N–H and O–H groups in total. The molecule has 0 radical (unpaired) electrons. The van der Waals surface area contributed by atoms with Crippen LogP contribution in [0.15, 0.2) is 53.4 Å². The van der Waals surface area contributed by atoms with Crippen molar-refractivity contribution in [2.45, 2.75) is 6.61 Å². The number of carbonyl (C=O) groups excluding carboxylic acids is 1. The number of benzene rings is 2. The first-order valence-electron chi connectivity index (χ1n) is 6.83. The number of thiocarbonyl (C=S) groups is 1. The maximum absolute atomic E-state index is 11.8. The van der Waals surface area contributed by atoms with Gasteiger partial charge in [0.25, 0.3) is 5.91 Å². The van der Waals surface area contributed by atoms with Gasteiger partial charge in [-0.2, -0.15) is 0 Å². The Morgan fingerprint density at radius 1 is 1.22 bits per heavy atom. The number of rotatable bonds is 4. The Hall–Kier alpha value is -1.82. The van der Waals surface area contributed by atoms with E-state index in [1.807, 2.05) is 30.3 Å². The highest BCUT2D eigenvalue weighted by molar-refractivity contribution is 8.26. The second-order valence-corrected chi connectivity index (χ2v) is 6.96. The summed E-state index contributed by atoms with van der Waals surface area (Å²) in [6.45, 7) is 0.441. The molecule has 23 heavy (non-hydrogen) atoms. The van der Waals surface area contributed by atoms with Crippen LogP contribution in [-0.4, -0.2) is 10.2 Å². The minimum Gasteiger partial charge on any atom is -0.488 e. The minimum absolute atomic E-state index is 0.200. The van der Waals surface area contributed by atoms with Crippen molar-refractivity contribution >= 4 is 51.9 Å². The van der Waals surface area contributed by atoms with Gasteiger partial charge < -0.3 is 10.1 Å². The monoisotopic (exact) mass is 361 g/mol. The van der Waals surface area contributed by atoms with Crippen LogP contribution in [0, 0.1) is 0 Å². The molecule has 1 aliphatic heterocycles. The van der Waals surface area contributed by atoms with Gasteiger partial charge in [0.05, 0.1) is 4.91 Å². The van der Waals surface area contributed by atoms with Crippen LogP contribution in [0.3, 0.4) is 0 Å². The van der Waals surface area contributed by atoms with Crippen LogP contribution < -0.4 is 10.1 Å². The molecule has 0 aromatic heterocycles. The maximum atomic E-state index is 11.8. The molecular weight excluding hydrogens is 350 g/mol. The lowest BCUT2D eigenvalue weighted by Crippen LogP contribution is -2.17. The summed E-state index contributed by atoms with van der Waals surface area (Å²) in [6, 6.07) is 15.2. The van der Waals surface area contributed by atoms with Gasteiger partial charge in [-0.25, -0.2) is 0 Å². The van der Waals surface area contributed by atoms with E-state index < -0.39 is 0 Å². The molecule has 3 rings (SSSR count). The first kappa shape index (κ1) is 16.1. The summed E-state index contributed by atoms with van der Waals surface area (Å²) in [4.78, 5) is 12.3. The molecule has 1 saturated heterocycles. The van der Waals surface area contributed by atoms with Crippen molar-refractivity contribution in [2.75, 3.05) is 0 Å². The second-order valence-electron chi connectivity index (χ2n) is 4.81. The normalized spacial score (nSPS) is 15.8. The Bertz CT molecular complexity index is 790. The van der Waals surface area contributed by atoms with Crippen LogP contribution in [0.25, 0.3) is 6.08 Å². The van der Waals surface area contributed by atoms with Crippen molar-refractivity contribution in [1.29, 1.82) is 0 Å². The van der Waals surface area contributed by atoms with E-state index in [9.17, 15) is 4.79 Å². The summed E-state index contributed by atoms with van der Waals surface area (Å²) in [7, 11) is 0. The summed E-state index contributed by atoms with van der Waals surface area (Å²) < 4.78 is 6.33. The SMILES string of the molecule is O=C1NC(=S)S/C1=C/c1cc(Cl)ccc1OCc1ccccc1. The largest absolute Gasteiger partial charge is 0.488 e. The average molecular weight is 362 g/mol. The number of hydrogen-bond donors (Lipinski definition) is 1. The smallest absolute Gasteiger partial charge is 0.263 e. The molecule has 1 fully saturated rings. The lowest BCUT2D eigenvalue weighted by atomic mass is 10.1. The number of halogens is 1. The molecule has 6 heteroatoms. The number of thioether (sulfide) groups is 1. The van der Waals surface area contributed by atoms with Crippen LogP contribution >= 0.6 is 35.6 Å². The number of carbonyl (C=O) groups is 1. The summed E-state index contributed by atoms with van der Waals surface area (Å²) in [6.07, 6.45) is 1.74. The van der Waals surface area contributed by atoms with E-state index in [2.05, 4.69) is 5.32 Å². The fourth-order valence-corrected chi connectivity index (χ4v) is 3.28. The average Bonchev–Trinajstić information content (AvgIpc) is 2.85. The molecule has 1 amide bonds. The van der Waals surface area contributed by atoms with Gasteiger partial charge in [0, 0.05) is 10.6 Å². The van der Waals surface area contributed by atoms with Gasteiger partial charge in [-0.15, -0.1) is 0 Å². The van der Waals surface area contributed by atoms with Crippen LogP contribution in [0.5, 0.6) is 5.75 Å². The second kappa shape index (κ2) is 7.17. The third-order valence-electron chi connectivity index (χ3n) is 3.14. The standard InChI is InChI=1S/C17H12ClNO2S2/c18-13-6-7-14(21-10-11-4-2-1-3-5-11)12(8-13)9-15-16(20)19-17(22)23-15/h1-9H,10H2,(H,19,20,22)/b15-9+. The highest BCUT2D eigenvalue weighted by Gasteiger charge is 2.22. The van der Waals surface area contributed by atoms with Gasteiger partial charge in [0.15, 0.2) is 0 Å². The van der Waals surface area contributed by atoms with E-state index in [4.69, 9.17) is 28.6 Å². The van der Waals surface area contributed by atoms with Crippen molar-refractivity contribution in [3.63, 3.8) is 0 Å². The Labute approximate surface area is 148 Å². The highest BCUT2D eigenvalue weighted by atomic mass is 35.5. The molecule has 0 saturated carbocycles. The van der Waals surface area contributed by atoms with Gasteiger partial charge in [-0.05, 0) is 29.8 Å². The highest BCUT2D eigenvalue weighted by Crippen LogP contribution is 2.31. The van der Waals surface area contributed by atoms with E-state index in [0.29, 0.717) is 26.6 Å². The number of nitrogens with one attached hydrogen (secondary N) is 1. The molecule has 3 nitrogen and oxygen atoms in total. The lowest BCUT2D eigenvalue weighted by molar-refractivity contribution is -0.115. The quantitative estimate of drug-likeness (QED) is 0.646. The lowest BCUT2D eigenvalue weighted by Gasteiger charge is -2.10. The Kier molecular flexibility index (Phi) is 5.00. The first-order chi connectivity index (χ1) is 11.1. The summed E-state index contributed by atoms with van der Waals surface area (Å²) >= 11 is 12.3. The molecule has 2 aromatic carbocycles. The van der Waals surface area contributed by atoms with E-state index in [0.717, 1.165) is 11.1 Å². The fraction of sp³-hybridized carbons (Fsp3) is 0.0588. The van der Waals surface area contributed by atoms with Gasteiger partial charge in [0.1, 0.15) is 16.7 Å². The predicted octanol–water partition coefficient (Wildman–Crippen LogP) is 4.41. The third-order valence-corrected chi connectivity index (χ3v) is 4.54. The van der Waals surface area contributed by atoms with E-state index in [-0.39, 0.29) is 5.91 Å². The first-order valence-corrected chi connectivity index (χ1v) is 8.43. The van der Waals surface area contributed by atoms with Crippen LogP contribution in [-0.2, 0) is 11.4 Å². The fourth-order valence-electron chi connectivity index (χ4n) is 2.06. The van der Waals surface area contributed by atoms with Crippen LogP contribution in [0.1, 0.15) is 11.1 Å². The molecular formula is C17H12ClNO2S2. The molecule has 116 valence electrons. The number of ether oxygens (including phenoxy) is 1. The van der Waals surface area contributed by atoms with Gasteiger partial charge in [-0.1, -0.05) is 65.9 Å². The van der Waals surface area contributed by atoms with Gasteiger partial charge in [0.2, 0.25) is 0 Å². The molecule has 2 aromatic rings. The third kappa shape index (κ3) is 4.13. The summed E-state index contributed by atoms with van der Waals surface area (Å²) in [5.74, 6) is 0.464. The zero-order valence-electron chi connectivity index (χ0n) is 11.9. The van der Waals surface area contributed by atoms with E-state index in [1.165, 1.54) is 11.8 Å². The number of hydrogen-bond acceptors (Lipinski definition) is 4. The van der Waals surface area contributed by atoms with Crippen molar-refractivity contribution in [3.05, 3.63) is 69.6 Å². The van der Waals surface area contributed by atoms with E-state index >= 15 is 0 Å². The molecule has 0 spiro atoms. The Balaban J connectivity index is 1.85. The van der Waals surface area contributed by atoms with Crippen molar-refractivity contribution < 1.29 is 9.53 Å². The van der Waals surface area contributed by atoms with Gasteiger partial charge >= 0.3 is 0 Å². The van der Waals surface area contributed by atoms with Crippen LogP contribution in [0.4, 0.5) is 0 Å². The van der Waals surface area contributed by atoms with Crippen molar-refractivity contribution in [1.82, 2.24) is 5.32 Å². The zero-order valence-corrected chi connectivity index (χ0v) is 14.3. The Morgan fingerprint density at radius 3 is 2.70 bits per heavy atom. The van der Waals surface area contributed by atoms with Crippen molar-refractivity contribution in [3.8, 4) is 5.75 Å². The van der Waals surface area contributed by atoms with Crippen molar-refractivity contribution in [2.24, 2.45) is 0 Å². The summed E-state index contributed by atoms with van der Waals surface area (Å²) in [5.41, 5.74) is 1.81. The molecule has 1 heterocycles. The molecule has 0 bridgehead atoms. The molecule has 1 aliphatic rings. The predicted molar refractivity (Wildman–Crippen MR) is 98.5 cm³/mol. The molecule has 0 unspecified atom stereocenters. The van der Waals surface area contributed by atoms with Crippen LogP contribution in [0.2, 0.25) is 5.02 Å². The maximum Gasteiger partial charge on any atom is 0.263 e. The topological polar surface area (TPSA) is 38.3 Å². The van der Waals surface area contributed by atoms with Gasteiger partial charge in [-0.3, -0.25) is 4.79 Å². The zero-order chi connectivity index (χ0) is 16.2. The Morgan fingerprint density at radius 2 is 2.00 bits per heavy atom. The summed E-state index contributed by atoms with van der Waals surface area (Å²) in [5, 5.41) is 3.17.